The van der Waals surface area contributed by atoms with Gasteiger partial charge in [-0.25, -0.2) is 4.98 Å². The van der Waals surface area contributed by atoms with Crippen LogP contribution in [0.3, 0.4) is 0 Å². The van der Waals surface area contributed by atoms with Gasteiger partial charge in [0.05, 0.1) is 15.9 Å². The molecule has 2 heterocycles. The summed E-state index contributed by atoms with van der Waals surface area (Å²) in [5.41, 5.74) is 9.10. The first-order chi connectivity index (χ1) is 11.4. The molecule has 0 radical (unpaired) electrons. The van der Waals surface area contributed by atoms with Crippen molar-refractivity contribution in [1.82, 2.24) is 15.0 Å². The van der Waals surface area contributed by atoms with Crippen molar-refractivity contribution in [1.29, 1.82) is 0 Å². The van der Waals surface area contributed by atoms with Gasteiger partial charge in [0, 0.05) is 35.5 Å². The number of benzene rings is 1. The third-order valence-electron chi connectivity index (χ3n) is 4.04. The van der Waals surface area contributed by atoms with Gasteiger partial charge in [0.1, 0.15) is 11.6 Å². The van der Waals surface area contributed by atoms with Gasteiger partial charge < -0.3 is 15.8 Å². The van der Waals surface area contributed by atoms with E-state index in [1.165, 1.54) is 0 Å². The van der Waals surface area contributed by atoms with Crippen LogP contribution in [0.5, 0.6) is 5.75 Å². The molecule has 25 heavy (non-hydrogen) atoms. The average Bonchev–Trinajstić information content (AvgIpc) is 3.04. The lowest BCUT2D eigenvalue weighted by molar-refractivity contribution is 0.472. The maximum atomic E-state index is 10.0. The van der Waals surface area contributed by atoms with Gasteiger partial charge in [0.15, 0.2) is 0 Å². The zero-order chi connectivity index (χ0) is 17.3. The van der Waals surface area contributed by atoms with Gasteiger partial charge in [0.2, 0.25) is 0 Å². The molecule has 1 aromatic carbocycles. The van der Waals surface area contributed by atoms with Crippen LogP contribution in [0, 0.1) is 0 Å². The summed E-state index contributed by atoms with van der Waals surface area (Å²) in [5, 5.41) is 10.0. The molecule has 0 aliphatic heterocycles. The molecule has 0 fully saturated rings. The predicted octanol–water partition coefficient (Wildman–Crippen LogP) is 4.26. The van der Waals surface area contributed by atoms with E-state index in [9.17, 15) is 5.11 Å². The predicted molar refractivity (Wildman–Crippen MR) is 106 cm³/mol. The van der Waals surface area contributed by atoms with Gasteiger partial charge in [-0.2, -0.15) is 0 Å². The molecule has 0 aliphatic carbocycles. The Kier molecular flexibility index (Phi) is 5.87. The van der Waals surface area contributed by atoms with Gasteiger partial charge in [-0.1, -0.05) is 19.9 Å². The molecule has 0 amide bonds. The molecule has 0 bridgehead atoms. The van der Waals surface area contributed by atoms with E-state index in [0.29, 0.717) is 11.0 Å². The van der Waals surface area contributed by atoms with Crippen LogP contribution in [0.1, 0.15) is 19.7 Å². The van der Waals surface area contributed by atoms with Gasteiger partial charge in [0.25, 0.3) is 0 Å². The van der Waals surface area contributed by atoms with Crippen molar-refractivity contribution in [3.8, 4) is 28.3 Å². The monoisotopic (exact) mass is 422 g/mol. The number of nitrogens with two attached hydrogens (primary N) is 1. The minimum Gasteiger partial charge on any atom is -0.507 e. The Labute approximate surface area is 161 Å². The first-order valence-electron chi connectivity index (χ1n) is 7.62. The van der Waals surface area contributed by atoms with Crippen molar-refractivity contribution < 1.29 is 5.11 Å². The number of hydrogen-bond donors (Lipinski definition) is 3. The summed E-state index contributed by atoms with van der Waals surface area (Å²) in [5.74, 6) is 0.991. The highest BCUT2D eigenvalue weighted by molar-refractivity contribution is 9.10. The zero-order valence-corrected chi connectivity index (χ0v) is 16.4. The SMILES string of the molecule is CC(C)(CN)c1nc(-c2ccc(Br)c(O)c2)c(-c2ccncc2)[nH]1.Cl. The molecular weight excluding hydrogens is 404 g/mol. The van der Waals surface area contributed by atoms with Crippen molar-refractivity contribution in [2.75, 3.05) is 6.54 Å². The number of hydrogen-bond acceptors (Lipinski definition) is 4. The van der Waals surface area contributed by atoms with Gasteiger partial charge >= 0.3 is 0 Å². The molecule has 132 valence electrons. The van der Waals surface area contributed by atoms with Crippen molar-refractivity contribution >= 4 is 28.3 Å². The van der Waals surface area contributed by atoms with Crippen LogP contribution in [-0.2, 0) is 5.41 Å². The number of halogens is 2. The van der Waals surface area contributed by atoms with E-state index in [2.05, 4.69) is 25.9 Å². The molecule has 4 N–H and O–H groups in total. The normalized spacial score (nSPS) is 11.2. The summed E-state index contributed by atoms with van der Waals surface area (Å²) in [6, 6.07) is 9.28. The van der Waals surface area contributed by atoms with Gasteiger partial charge in [-0.3, -0.25) is 4.98 Å². The van der Waals surface area contributed by atoms with Crippen molar-refractivity contribution in [3.05, 3.63) is 53.0 Å². The second kappa shape index (κ2) is 7.56. The lowest BCUT2D eigenvalue weighted by Gasteiger charge is -2.18. The number of H-pyrrole nitrogens is 1. The molecule has 0 aliphatic rings. The molecule has 0 atom stereocenters. The topological polar surface area (TPSA) is 87.8 Å². The highest BCUT2D eigenvalue weighted by atomic mass is 79.9. The number of nitrogens with one attached hydrogen (secondary N) is 1. The molecule has 3 rings (SSSR count). The maximum Gasteiger partial charge on any atom is 0.130 e. The van der Waals surface area contributed by atoms with E-state index in [4.69, 9.17) is 10.7 Å². The number of imidazole rings is 1. The largest absolute Gasteiger partial charge is 0.507 e. The Morgan fingerprint density at radius 1 is 1.16 bits per heavy atom. The number of phenols is 1. The number of aromatic hydroxyl groups is 1. The quantitative estimate of drug-likeness (QED) is 0.585. The Hall–Kier alpha value is -1.89. The smallest absolute Gasteiger partial charge is 0.130 e. The van der Waals surface area contributed by atoms with E-state index in [-0.39, 0.29) is 23.6 Å². The number of phenolic OH excluding ortho intramolecular Hbond substituents is 1. The molecule has 0 spiro atoms. The first kappa shape index (κ1) is 19.4. The minimum absolute atomic E-state index is 0. The summed E-state index contributed by atoms with van der Waals surface area (Å²) in [4.78, 5) is 12.3. The molecule has 0 saturated carbocycles. The third-order valence-corrected chi connectivity index (χ3v) is 4.71. The standard InChI is InChI=1S/C18H19BrN4O.ClH/c1-18(2,10-20)17-22-15(11-5-7-21-8-6-11)16(23-17)12-3-4-13(19)14(24)9-12;/h3-9,24H,10,20H2,1-2H3,(H,22,23);1H. The Bertz CT molecular complexity index is 865. The highest BCUT2D eigenvalue weighted by Crippen LogP contribution is 2.36. The molecule has 0 saturated heterocycles. The van der Waals surface area contributed by atoms with Crippen molar-refractivity contribution in [3.63, 3.8) is 0 Å². The molecule has 3 aromatic rings. The van der Waals surface area contributed by atoms with Crippen LogP contribution in [0.2, 0.25) is 0 Å². The summed E-state index contributed by atoms with van der Waals surface area (Å²) >= 11 is 3.31. The van der Waals surface area contributed by atoms with Crippen LogP contribution < -0.4 is 5.73 Å². The second-order valence-electron chi connectivity index (χ2n) is 6.30. The first-order valence-corrected chi connectivity index (χ1v) is 8.41. The summed E-state index contributed by atoms with van der Waals surface area (Å²) in [7, 11) is 0. The third kappa shape index (κ3) is 3.86. The van der Waals surface area contributed by atoms with E-state index >= 15 is 0 Å². The van der Waals surface area contributed by atoms with Crippen LogP contribution in [0.15, 0.2) is 47.2 Å². The molecule has 7 heteroatoms. The van der Waals surface area contributed by atoms with E-state index in [1.54, 1.807) is 18.5 Å². The Balaban J connectivity index is 0.00000225. The Morgan fingerprint density at radius 2 is 1.84 bits per heavy atom. The minimum atomic E-state index is -0.280. The van der Waals surface area contributed by atoms with Gasteiger partial charge in [-0.15, -0.1) is 12.4 Å². The summed E-state index contributed by atoms with van der Waals surface area (Å²) < 4.78 is 0.648. The number of pyridine rings is 1. The van der Waals surface area contributed by atoms with E-state index in [0.717, 1.165) is 28.3 Å². The summed E-state index contributed by atoms with van der Waals surface area (Å²) in [6.07, 6.45) is 3.49. The molecule has 2 aromatic heterocycles. The fraction of sp³-hybridized carbons (Fsp3) is 0.222. The van der Waals surface area contributed by atoms with E-state index in [1.807, 2.05) is 38.1 Å². The van der Waals surface area contributed by atoms with Crippen molar-refractivity contribution in [2.24, 2.45) is 5.73 Å². The van der Waals surface area contributed by atoms with Crippen LogP contribution >= 0.6 is 28.3 Å². The van der Waals surface area contributed by atoms with Gasteiger partial charge in [-0.05, 0) is 40.2 Å². The lowest BCUT2D eigenvalue weighted by atomic mass is 9.93. The van der Waals surface area contributed by atoms with Crippen LogP contribution in [0.25, 0.3) is 22.5 Å². The number of rotatable bonds is 4. The van der Waals surface area contributed by atoms with Crippen LogP contribution in [0.4, 0.5) is 0 Å². The van der Waals surface area contributed by atoms with E-state index < -0.39 is 0 Å². The van der Waals surface area contributed by atoms with Crippen molar-refractivity contribution in [2.45, 2.75) is 19.3 Å². The molecule has 0 unspecified atom stereocenters. The fourth-order valence-electron chi connectivity index (χ4n) is 2.39. The zero-order valence-electron chi connectivity index (χ0n) is 14.0. The molecule has 5 nitrogen and oxygen atoms in total. The fourth-order valence-corrected chi connectivity index (χ4v) is 2.63. The number of nitrogens with zero attached hydrogens (tertiary/aromatic N) is 2. The number of aromatic nitrogens is 3. The highest BCUT2D eigenvalue weighted by Gasteiger charge is 2.25. The summed E-state index contributed by atoms with van der Waals surface area (Å²) in [6.45, 7) is 4.57. The molecular formula is C18H20BrClN4O. The van der Waals surface area contributed by atoms with Crippen LogP contribution in [-0.4, -0.2) is 26.6 Å². The average molecular weight is 424 g/mol. The maximum absolute atomic E-state index is 10.0. The second-order valence-corrected chi connectivity index (χ2v) is 7.15. The lowest BCUT2D eigenvalue weighted by Crippen LogP contribution is -2.29. The number of aromatic amines is 1. The Morgan fingerprint density at radius 3 is 2.44 bits per heavy atom.